The highest BCUT2D eigenvalue weighted by molar-refractivity contribution is 5.99. The molecule has 2 aromatic rings. The standard InChI is InChI=1S/C56H81N13O14/c1-7-9-15-45(72)59-24-11-10-14-44-54(82)66-41(28-35-16-20-37(70)21-17-35)52(80)64-39(13-12-25-60-56(57)58)50(78)61-31-46(73)63-42(30-48(75)76)53(81)65-40(27-33(3)4)51(79)62-34(5)49(77)67-43(29-36-18-22-38(71)23-19-36)55(83)69(26-8-2)32-47(74)68(44)6/h1,16-23,33-34,39-44,70-71H,8-15,24-32H2,2-6H3,(H,59,72)(H,61,78)(H,62,79)(H,63,73)(H,64,80)(H,65,81)(H,66,82)(H,67,77)(H,75,76)(H4,57,58,60)/t34-,39-,40-,41-,42-,43-,44-/m0/s1. The number of rotatable bonds is 21. The minimum atomic E-state index is -1.81. The van der Waals surface area contributed by atoms with E-state index >= 15 is 0 Å². The predicted octanol–water partition coefficient (Wildman–Crippen LogP) is -1.51. The predicted molar refractivity (Wildman–Crippen MR) is 303 cm³/mol. The largest absolute Gasteiger partial charge is 0.508 e. The third kappa shape index (κ3) is 24.7. The molecule has 27 heteroatoms. The number of nitrogens with zero attached hydrogens (tertiary/aromatic N) is 2. The third-order valence-electron chi connectivity index (χ3n) is 13.2. The summed E-state index contributed by atoms with van der Waals surface area (Å²) in [4.78, 5) is 155. The number of unbranched alkanes of at least 4 members (excludes halogenated alkanes) is 1. The van der Waals surface area contributed by atoms with Crippen molar-refractivity contribution in [1.29, 1.82) is 5.41 Å². The molecule has 10 amide bonds. The minimum Gasteiger partial charge on any atom is -0.508 e. The summed E-state index contributed by atoms with van der Waals surface area (Å²) >= 11 is 0. The first-order chi connectivity index (χ1) is 39.3. The normalized spacial score (nSPS) is 21.4. The van der Waals surface area contributed by atoms with Crippen LogP contribution in [0.25, 0.3) is 0 Å². The Morgan fingerprint density at radius 2 is 1.28 bits per heavy atom. The first-order valence-corrected chi connectivity index (χ1v) is 27.5. The lowest BCUT2D eigenvalue weighted by Crippen LogP contribution is -2.59. The Balaban J connectivity index is 2.23. The van der Waals surface area contributed by atoms with Crippen molar-refractivity contribution in [3.63, 3.8) is 0 Å². The molecule has 1 saturated heterocycles. The van der Waals surface area contributed by atoms with E-state index in [0.717, 1.165) is 4.90 Å². The number of phenols is 2. The number of benzene rings is 2. The Kier molecular flexibility index (Phi) is 28.8. The average molecular weight is 1160 g/mol. The minimum absolute atomic E-state index is 0.0305. The van der Waals surface area contributed by atoms with Crippen molar-refractivity contribution in [3.8, 4) is 23.8 Å². The lowest BCUT2D eigenvalue weighted by atomic mass is 10.0. The molecule has 0 spiro atoms. The summed E-state index contributed by atoms with van der Waals surface area (Å²) in [5, 5.41) is 60.5. The summed E-state index contributed by atoms with van der Waals surface area (Å²) in [6.07, 6.45) is 4.95. The smallest absolute Gasteiger partial charge is 0.305 e. The van der Waals surface area contributed by atoms with E-state index in [9.17, 15) is 68.1 Å². The van der Waals surface area contributed by atoms with Gasteiger partial charge >= 0.3 is 5.97 Å². The molecule has 0 aliphatic carbocycles. The van der Waals surface area contributed by atoms with Crippen LogP contribution in [0.1, 0.15) is 103 Å². The summed E-state index contributed by atoms with van der Waals surface area (Å²) in [7, 11) is 1.33. The zero-order valence-electron chi connectivity index (χ0n) is 47.6. The van der Waals surface area contributed by atoms with Gasteiger partial charge in [0, 0.05) is 52.4 Å². The molecule has 1 fully saturated rings. The maximum atomic E-state index is 14.8. The number of carbonyl (C=O) groups is 11. The first-order valence-electron chi connectivity index (χ1n) is 27.5. The van der Waals surface area contributed by atoms with Crippen molar-refractivity contribution in [3.05, 3.63) is 59.7 Å². The van der Waals surface area contributed by atoms with E-state index in [1.165, 1.54) is 67.4 Å². The molecule has 15 N–H and O–H groups in total. The first kappa shape index (κ1) is 68.3. The number of carboxylic acids is 1. The van der Waals surface area contributed by atoms with E-state index in [-0.39, 0.29) is 107 Å². The SMILES string of the molecule is C#CCCC(=O)NCCCC[C@H]1C(=O)N[C@@H](Cc2ccc(O)cc2)C(=O)N[C@@H](CCCNC(=N)N)C(=O)NCC(=O)N[C@@H](CC(=O)O)C(=O)N[C@@H](CC(C)C)C(=O)N[C@@H](C)C(=O)N[C@@H](Cc2ccc(O)cc2)C(=O)N(CCC)CC(=O)N1C. The second kappa shape index (κ2) is 35.0. The number of nitrogens with one attached hydrogen (secondary N) is 10. The van der Waals surface area contributed by atoms with E-state index in [4.69, 9.17) is 17.6 Å². The molecular formula is C56H81N13O14. The maximum absolute atomic E-state index is 14.8. The van der Waals surface area contributed by atoms with Gasteiger partial charge in [-0.1, -0.05) is 45.0 Å². The lowest BCUT2D eigenvalue weighted by molar-refractivity contribution is -0.145. The molecule has 0 unspecified atom stereocenters. The van der Waals surface area contributed by atoms with Crippen LogP contribution in [-0.2, 0) is 65.6 Å². The van der Waals surface area contributed by atoms with E-state index in [2.05, 4.69) is 53.8 Å². The molecule has 83 heavy (non-hydrogen) atoms. The van der Waals surface area contributed by atoms with Crippen molar-refractivity contribution in [2.75, 3.05) is 39.8 Å². The van der Waals surface area contributed by atoms with E-state index in [1.807, 2.05) is 0 Å². The van der Waals surface area contributed by atoms with Crippen LogP contribution in [0.2, 0.25) is 0 Å². The van der Waals surface area contributed by atoms with Crippen LogP contribution in [0.5, 0.6) is 11.5 Å². The number of aliphatic carboxylic acids is 1. The van der Waals surface area contributed by atoms with Crippen LogP contribution in [0.3, 0.4) is 0 Å². The summed E-state index contributed by atoms with van der Waals surface area (Å²) in [6, 6.07) is 1.12. The Morgan fingerprint density at radius 3 is 1.86 bits per heavy atom. The molecule has 1 heterocycles. The molecule has 1 aliphatic heterocycles. The Morgan fingerprint density at radius 1 is 0.723 bits per heavy atom. The highest BCUT2D eigenvalue weighted by atomic mass is 16.4. The van der Waals surface area contributed by atoms with Crippen molar-refractivity contribution in [2.24, 2.45) is 11.7 Å². The van der Waals surface area contributed by atoms with Gasteiger partial charge in [-0.3, -0.25) is 58.1 Å². The van der Waals surface area contributed by atoms with Gasteiger partial charge in [0.2, 0.25) is 59.1 Å². The molecule has 2 aromatic carbocycles. The fraction of sp³-hybridized carbons (Fsp3) is 0.536. The molecule has 0 aromatic heterocycles. The number of terminal acetylenes is 1. The fourth-order valence-corrected chi connectivity index (χ4v) is 8.73. The summed E-state index contributed by atoms with van der Waals surface area (Å²) < 4.78 is 0. The number of carboxylic acid groups (broad SMARTS) is 1. The Labute approximate surface area is 482 Å². The van der Waals surface area contributed by atoms with E-state index in [0.29, 0.717) is 24.0 Å². The van der Waals surface area contributed by atoms with Gasteiger partial charge in [0.15, 0.2) is 5.96 Å². The van der Waals surface area contributed by atoms with Crippen LogP contribution in [0.15, 0.2) is 48.5 Å². The summed E-state index contributed by atoms with van der Waals surface area (Å²) in [5.74, 6) is -8.41. The number of guanidine groups is 1. The van der Waals surface area contributed by atoms with Gasteiger partial charge in [-0.25, -0.2) is 0 Å². The molecule has 3 rings (SSSR count). The van der Waals surface area contributed by atoms with Gasteiger partial charge in [0.25, 0.3) is 0 Å². The number of carbonyl (C=O) groups excluding carboxylic acids is 10. The van der Waals surface area contributed by atoms with Gasteiger partial charge in [-0.15, -0.1) is 12.3 Å². The topological polar surface area (TPSA) is 413 Å². The molecule has 454 valence electrons. The van der Waals surface area contributed by atoms with Crippen LogP contribution in [0, 0.1) is 23.7 Å². The van der Waals surface area contributed by atoms with Crippen molar-refractivity contribution in [1.82, 2.24) is 57.7 Å². The highest BCUT2D eigenvalue weighted by Gasteiger charge is 2.36. The molecule has 0 saturated carbocycles. The van der Waals surface area contributed by atoms with Crippen LogP contribution in [-0.4, -0.2) is 178 Å². The number of aromatic hydroxyl groups is 2. The summed E-state index contributed by atoms with van der Waals surface area (Å²) in [5.41, 5.74) is 6.36. The number of hydrogen-bond acceptors (Lipinski definition) is 14. The molecule has 27 nitrogen and oxygen atoms in total. The number of likely N-dealkylation sites (N-methyl/N-ethyl adjacent to an activating group) is 1. The number of phenolic OH excluding ortho intramolecular Hbond substituents is 2. The molecule has 1 aliphatic rings. The van der Waals surface area contributed by atoms with Crippen molar-refractivity contribution >= 4 is 71.0 Å². The van der Waals surface area contributed by atoms with Gasteiger partial charge in [0.1, 0.15) is 53.8 Å². The fourth-order valence-electron chi connectivity index (χ4n) is 8.73. The van der Waals surface area contributed by atoms with Crippen LogP contribution < -0.4 is 53.6 Å². The zero-order valence-corrected chi connectivity index (χ0v) is 47.6. The van der Waals surface area contributed by atoms with E-state index < -0.39 is 121 Å². The second-order valence-electron chi connectivity index (χ2n) is 20.6. The number of nitrogens with two attached hydrogens (primary N) is 1. The molecular weight excluding hydrogens is 1080 g/mol. The monoisotopic (exact) mass is 1160 g/mol. The Bertz CT molecular complexity index is 2630. The van der Waals surface area contributed by atoms with E-state index in [1.54, 1.807) is 20.8 Å². The quantitative estimate of drug-likeness (QED) is 0.0293. The van der Waals surface area contributed by atoms with Crippen molar-refractivity contribution < 1.29 is 68.1 Å². The number of hydrogen-bond donors (Lipinski definition) is 14. The molecule has 7 atom stereocenters. The zero-order chi connectivity index (χ0) is 61.8. The average Bonchev–Trinajstić information content (AvgIpc) is 3.65. The number of amides is 10. The van der Waals surface area contributed by atoms with Gasteiger partial charge in [0.05, 0.1) is 19.5 Å². The third-order valence-corrected chi connectivity index (χ3v) is 13.2. The molecule has 0 radical (unpaired) electrons. The van der Waals surface area contributed by atoms with Gasteiger partial charge in [-0.05, 0) is 93.2 Å². The van der Waals surface area contributed by atoms with Crippen molar-refractivity contribution in [2.45, 2.75) is 147 Å². The highest BCUT2D eigenvalue weighted by Crippen LogP contribution is 2.17. The lowest BCUT2D eigenvalue weighted by Gasteiger charge is -2.33. The second-order valence-corrected chi connectivity index (χ2v) is 20.6. The Hall–Kier alpha value is -8.96. The van der Waals surface area contributed by atoms with Crippen LogP contribution >= 0.6 is 0 Å². The van der Waals surface area contributed by atoms with Crippen LogP contribution in [0.4, 0.5) is 0 Å². The van der Waals surface area contributed by atoms with Gasteiger partial charge < -0.3 is 78.7 Å². The maximum Gasteiger partial charge on any atom is 0.305 e. The summed E-state index contributed by atoms with van der Waals surface area (Å²) in [6.45, 7) is 5.22. The molecule has 0 bridgehead atoms. The van der Waals surface area contributed by atoms with Gasteiger partial charge in [-0.2, -0.15) is 0 Å².